The minimum atomic E-state index is -3.59. The molecule has 2 aromatic rings. The molecule has 2 aromatic carbocycles. The van der Waals surface area contributed by atoms with Crippen molar-refractivity contribution in [2.75, 3.05) is 14.1 Å². The second-order valence-corrected chi connectivity index (χ2v) is 7.40. The van der Waals surface area contributed by atoms with E-state index >= 15 is 0 Å². The van der Waals surface area contributed by atoms with Crippen LogP contribution in [0.2, 0.25) is 0 Å². The van der Waals surface area contributed by atoms with Crippen molar-refractivity contribution in [3.8, 4) is 6.07 Å². The first-order chi connectivity index (χ1) is 11.3. The number of sulfonamides is 1. The third kappa shape index (κ3) is 3.96. The fourth-order valence-electron chi connectivity index (χ4n) is 2.00. The van der Waals surface area contributed by atoms with Crippen molar-refractivity contribution in [3.63, 3.8) is 0 Å². The Kier molecular flexibility index (Phi) is 5.29. The van der Waals surface area contributed by atoms with Crippen LogP contribution in [0.3, 0.4) is 0 Å². The fraction of sp³-hybridized carbons (Fsp3) is 0.111. The number of allylic oxidation sites excluding steroid dienone is 1. The summed E-state index contributed by atoms with van der Waals surface area (Å²) in [6.45, 7) is 0. The molecule has 5 nitrogen and oxygen atoms in total. The van der Waals surface area contributed by atoms with Gasteiger partial charge < -0.3 is 0 Å². The molecule has 0 atom stereocenters. The summed E-state index contributed by atoms with van der Waals surface area (Å²) < 4.78 is 25.3. The van der Waals surface area contributed by atoms with Gasteiger partial charge in [0.2, 0.25) is 10.0 Å². The maximum absolute atomic E-state index is 12.3. The third-order valence-corrected chi connectivity index (χ3v) is 5.15. The zero-order valence-corrected chi connectivity index (χ0v) is 14.1. The molecule has 0 saturated carbocycles. The molecule has 0 fully saturated rings. The highest BCUT2D eigenvalue weighted by Gasteiger charge is 2.18. The van der Waals surface area contributed by atoms with Gasteiger partial charge in [0.15, 0.2) is 5.78 Å². The molecule has 0 radical (unpaired) electrons. The van der Waals surface area contributed by atoms with E-state index in [2.05, 4.69) is 0 Å². The quantitative estimate of drug-likeness (QED) is 0.619. The highest BCUT2D eigenvalue weighted by Crippen LogP contribution is 2.16. The molecule has 0 aromatic heterocycles. The standard InChI is InChI=1S/C18H16N2O3S/c1-20(2)24(22,23)17-8-4-7-16(12-17)18(21)10-9-14-5-3-6-15(11-14)13-19/h3-12H,1-2H3. The van der Waals surface area contributed by atoms with Crippen molar-refractivity contribution in [2.24, 2.45) is 0 Å². The van der Waals surface area contributed by atoms with Gasteiger partial charge in [0.1, 0.15) is 0 Å². The lowest BCUT2D eigenvalue weighted by molar-refractivity contribution is 0.104. The number of nitriles is 1. The summed E-state index contributed by atoms with van der Waals surface area (Å²) in [6, 6.07) is 14.8. The van der Waals surface area contributed by atoms with Crippen LogP contribution < -0.4 is 0 Å². The molecule has 0 aliphatic heterocycles. The Hall–Kier alpha value is -2.75. The first-order valence-corrected chi connectivity index (χ1v) is 8.54. The zero-order valence-electron chi connectivity index (χ0n) is 13.3. The van der Waals surface area contributed by atoms with Gasteiger partial charge in [0.05, 0.1) is 16.5 Å². The van der Waals surface area contributed by atoms with E-state index in [-0.39, 0.29) is 16.2 Å². The van der Waals surface area contributed by atoms with Crippen LogP contribution in [-0.4, -0.2) is 32.6 Å². The molecular formula is C18H16N2O3S. The largest absolute Gasteiger partial charge is 0.289 e. The molecule has 0 saturated heterocycles. The minimum absolute atomic E-state index is 0.0678. The number of hydrogen-bond acceptors (Lipinski definition) is 4. The van der Waals surface area contributed by atoms with E-state index in [1.54, 1.807) is 36.4 Å². The Morgan fingerprint density at radius 2 is 1.83 bits per heavy atom. The van der Waals surface area contributed by atoms with E-state index in [0.717, 1.165) is 9.87 Å². The van der Waals surface area contributed by atoms with Crippen molar-refractivity contribution < 1.29 is 13.2 Å². The van der Waals surface area contributed by atoms with E-state index in [4.69, 9.17) is 5.26 Å². The number of hydrogen-bond donors (Lipinski definition) is 0. The summed E-state index contributed by atoms with van der Waals surface area (Å²) in [6.07, 6.45) is 2.95. The van der Waals surface area contributed by atoms with Gasteiger partial charge in [0, 0.05) is 19.7 Å². The first kappa shape index (κ1) is 17.6. The minimum Gasteiger partial charge on any atom is -0.289 e. The predicted molar refractivity (Wildman–Crippen MR) is 91.8 cm³/mol. The first-order valence-electron chi connectivity index (χ1n) is 7.10. The lowest BCUT2D eigenvalue weighted by Crippen LogP contribution is -2.22. The van der Waals surface area contributed by atoms with Crippen molar-refractivity contribution in [1.82, 2.24) is 4.31 Å². The summed E-state index contributed by atoms with van der Waals surface area (Å²) in [5, 5.41) is 8.87. The highest BCUT2D eigenvalue weighted by atomic mass is 32.2. The van der Waals surface area contributed by atoms with E-state index < -0.39 is 10.0 Å². The number of carbonyl (C=O) groups is 1. The Labute approximate surface area is 141 Å². The molecule has 24 heavy (non-hydrogen) atoms. The molecule has 122 valence electrons. The Morgan fingerprint density at radius 1 is 1.12 bits per heavy atom. The molecule has 0 heterocycles. The SMILES string of the molecule is CN(C)S(=O)(=O)c1cccc(C(=O)C=Cc2cccc(C#N)c2)c1. The summed E-state index contributed by atoms with van der Waals surface area (Å²) in [4.78, 5) is 12.3. The van der Waals surface area contributed by atoms with Crippen LogP contribution in [0.4, 0.5) is 0 Å². The van der Waals surface area contributed by atoms with E-state index in [1.807, 2.05) is 6.07 Å². The fourth-order valence-corrected chi connectivity index (χ4v) is 2.95. The van der Waals surface area contributed by atoms with Gasteiger partial charge in [-0.1, -0.05) is 30.3 Å². The summed E-state index contributed by atoms with van der Waals surface area (Å²) in [5.41, 5.74) is 1.51. The van der Waals surface area contributed by atoms with Gasteiger partial charge in [-0.2, -0.15) is 5.26 Å². The lowest BCUT2D eigenvalue weighted by Gasteiger charge is -2.11. The maximum atomic E-state index is 12.3. The maximum Gasteiger partial charge on any atom is 0.242 e. The van der Waals surface area contributed by atoms with Crippen molar-refractivity contribution >= 4 is 21.9 Å². The smallest absolute Gasteiger partial charge is 0.242 e. The molecule has 6 heteroatoms. The Bertz CT molecular complexity index is 939. The van der Waals surface area contributed by atoms with E-state index in [0.29, 0.717) is 5.56 Å². The average molecular weight is 340 g/mol. The number of benzene rings is 2. The lowest BCUT2D eigenvalue weighted by atomic mass is 10.1. The second kappa shape index (κ2) is 7.21. The van der Waals surface area contributed by atoms with Gasteiger partial charge in [0.25, 0.3) is 0 Å². The van der Waals surface area contributed by atoms with Gasteiger partial charge in [-0.25, -0.2) is 12.7 Å². The monoisotopic (exact) mass is 340 g/mol. The van der Waals surface area contributed by atoms with Gasteiger partial charge in [-0.05, 0) is 35.9 Å². The van der Waals surface area contributed by atoms with Crippen LogP contribution in [0.1, 0.15) is 21.5 Å². The molecule has 0 unspecified atom stereocenters. The third-order valence-electron chi connectivity index (χ3n) is 3.34. The van der Waals surface area contributed by atoms with Crippen molar-refractivity contribution in [2.45, 2.75) is 4.90 Å². The summed E-state index contributed by atoms with van der Waals surface area (Å²) in [5.74, 6) is -0.312. The number of nitrogens with zero attached hydrogens (tertiary/aromatic N) is 2. The van der Waals surface area contributed by atoms with Crippen LogP contribution in [0.25, 0.3) is 6.08 Å². The second-order valence-electron chi connectivity index (χ2n) is 5.25. The molecule has 0 bridgehead atoms. The molecule has 0 amide bonds. The van der Waals surface area contributed by atoms with Gasteiger partial charge in [-0.3, -0.25) is 4.79 Å². The molecule has 0 aliphatic rings. The highest BCUT2D eigenvalue weighted by molar-refractivity contribution is 7.89. The van der Waals surface area contributed by atoms with Gasteiger partial charge >= 0.3 is 0 Å². The normalized spacial score (nSPS) is 11.6. The molecule has 0 aliphatic carbocycles. The zero-order chi connectivity index (χ0) is 17.7. The topological polar surface area (TPSA) is 78.2 Å². The summed E-state index contributed by atoms with van der Waals surface area (Å²) >= 11 is 0. The number of rotatable bonds is 5. The van der Waals surface area contributed by atoms with Crippen molar-refractivity contribution in [1.29, 1.82) is 5.26 Å². The predicted octanol–water partition coefficient (Wildman–Crippen LogP) is 2.70. The van der Waals surface area contributed by atoms with Crippen LogP contribution in [0, 0.1) is 11.3 Å². The van der Waals surface area contributed by atoms with Crippen molar-refractivity contribution in [3.05, 3.63) is 71.3 Å². The molecule has 0 spiro atoms. The Balaban J connectivity index is 2.28. The van der Waals surface area contributed by atoms with E-state index in [1.165, 1.54) is 38.4 Å². The van der Waals surface area contributed by atoms with Crippen LogP contribution >= 0.6 is 0 Å². The molecule has 2 rings (SSSR count). The summed E-state index contributed by atoms with van der Waals surface area (Å²) in [7, 11) is -0.715. The molecular weight excluding hydrogens is 324 g/mol. The average Bonchev–Trinajstić information content (AvgIpc) is 2.59. The molecule has 0 N–H and O–H groups in total. The number of ketones is 1. The van der Waals surface area contributed by atoms with Crippen LogP contribution in [0.5, 0.6) is 0 Å². The van der Waals surface area contributed by atoms with E-state index in [9.17, 15) is 13.2 Å². The number of carbonyl (C=O) groups excluding carboxylic acids is 1. The van der Waals surface area contributed by atoms with Gasteiger partial charge in [-0.15, -0.1) is 0 Å². The Morgan fingerprint density at radius 3 is 2.50 bits per heavy atom. The van der Waals surface area contributed by atoms with Crippen LogP contribution in [-0.2, 0) is 10.0 Å². The van der Waals surface area contributed by atoms with Crippen LogP contribution in [0.15, 0.2) is 59.5 Å².